The van der Waals surface area contributed by atoms with Gasteiger partial charge in [-0.2, -0.15) is 5.10 Å². The van der Waals surface area contributed by atoms with Crippen molar-refractivity contribution in [3.63, 3.8) is 0 Å². The number of fused-ring (bicyclic) bond motifs is 1. The first-order valence-corrected chi connectivity index (χ1v) is 7.67. The van der Waals surface area contributed by atoms with Crippen molar-refractivity contribution in [2.75, 3.05) is 12.1 Å². The monoisotopic (exact) mass is 337 g/mol. The lowest BCUT2D eigenvalue weighted by molar-refractivity contribution is 0.102. The molecule has 4 rings (SSSR count). The molecule has 3 aromatic rings. The minimum atomic E-state index is -0.295. The Kier molecular flexibility index (Phi) is 3.57. The minimum Gasteiger partial charge on any atom is -0.454 e. The Balaban J connectivity index is 1.57. The average molecular weight is 337 g/mol. The van der Waals surface area contributed by atoms with Crippen molar-refractivity contribution in [3.8, 4) is 17.3 Å². The zero-order valence-corrected chi connectivity index (χ0v) is 13.7. The van der Waals surface area contributed by atoms with Gasteiger partial charge in [0.15, 0.2) is 17.3 Å². The van der Waals surface area contributed by atoms with Crippen molar-refractivity contribution in [1.82, 2.24) is 19.7 Å². The highest BCUT2D eigenvalue weighted by molar-refractivity contribution is 6.04. The van der Waals surface area contributed by atoms with Gasteiger partial charge in [-0.25, -0.2) is 14.6 Å². The zero-order chi connectivity index (χ0) is 17.4. The number of aryl methyl sites for hydroxylation is 2. The number of rotatable bonds is 3. The minimum absolute atomic E-state index is 0.165. The van der Waals surface area contributed by atoms with Gasteiger partial charge < -0.3 is 14.8 Å². The van der Waals surface area contributed by atoms with E-state index in [4.69, 9.17) is 9.47 Å². The van der Waals surface area contributed by atoms with Gasteiger partial charge in [0.05, 0.1) is 5.69 Å². The summed E-state index contributed by atoms with van der Waals surface area (Å²) in [6.07, 6.45) is 1.39. The molecule has 8 nitrogen and oxygen atoms in total. The third kappa shape index (κ3) is 2.89. The predicted octanol–water partition coefficient (Wildman–Crippen LogP) is 2.26. The summed E-state index contributed by atoms with van der Waals surface area (Å²) in [7, 11) is 0. The Hall–Kier alpha value is -3.42. The van der Waals surface area contributed by atoms with Gasteiger partial charge in [-0.3, -0.25) is 4.79 Å². The lowest BCUT2D eigenvalue weighted by Crippen LogP contribution is -2.14. The van der Waals surface area contributed by atoms with Crippen molar-refractivity contribution >= 4 is 11.7 Å². The third-order valence-corrected chi connectivity index (χ3v) is 3.76. The van der Waals surface area contributed by atoms with E-state index in [0.717, 1.165) is 11.4 Å². The molecule has 3 heterocycles. The Morgan fingerprint density at radius 2 is 1.96 bits per heavy atom. The second-order valence-electron chi connectivity index (χ2n) is 5.62. The fraction of sp³-hybridized carbons (Fsp3) is 0.176. The maximum absolute atomic E-state index is 12.4. The number of ether oxygens (including phenoxy) is 2. The van der Waals surface area contributed by atoms with Crippen LogP contribution < -0.4 is 14.8 Å². The molecular weight excluding hydrogens is 322 g/mol. The first kappa shape index (κ1) is 15.1. The average Bonchev–Trinajstić information content (AvgIpc) is 3.20. The Morgan fingerprint density at radius 3 is 2.76 bits per heavy atom. The Morgan fingerprint density at radius 1 is 1.12 bits per heavy atom. The molecule has 0 unspecified atom stereocenters. The van der Waals surface area contributed by atoms with Crippen LogP contribution >= 0.6 is 0 Å². The molecule has 0 saturated heterocycles. The summed E-state index contributed by atoms with van der Waals surface area (Å²) >= 11 is 0. The van der Waals surface area contributed by atoms with E-state index in [1.807, 2.05) is 19.9 Å². The number of anilines is 1. The molecule has 25 heavy (non-hydrogen) atoms. The van der Waals surface area contributed by atoms with Crippen molar-refractivity contribution in [1.29, 1.82) is 0 Å². The number of carbonyl (C=O) groups is 1. The number of hydrogen-bond donors (Lipinski definition) is 1. The highest BCUT2D eigenvalue weighted by Gasteiger charge is 2.17. The van der Waals surface area contributed by atoms with Gasteiger partial charge >= 0.3 is 0 Å². The smallest absolute Gasteiger partial charge is 0.256 e. The molecule has 0 fully saturated rings. The maximum Gasteiger partial charge on any atom is 0.256 e. The molecule has 0 bridgehead atoms. The van der Waals surface area contributed by atoms with E-state index in [2.05, 4.69) is 20.4 Å². The number of benzene rings is 1. The van der Waals surface area contributed by atoms with Crippen LogP contribution in [0.3, 0.4) is 0 Å². The lowest BCUT2D eigenvalue weighted by atomic mass is 10.2. The van der Waals surface area contributed by atoms with E-state index in [-0.39, 0.29) is 12.7 Å². The molecule has 0 aliphatic carbocycles. The molecule has 0 radical (unpaired) electrons. The van der Waals surface area contributed by atoms with Crippen LogP contribution in [0.2, 0.25) is 0 Å². The standard InChI is InChI=1S/C17H15N5O3/c1-10-5-11(2)22(21-10)16-7-15(18-8-19-16)20-17(23)12-3-4-13-14(6-12)25-9-24-13/h3-8H,9H2,1-2H3,(H,18,19,20,23). The zero-order valence-electron chi connectivity index (χ0n) is 13.7. The summed E-state index contributed by atoms with van der Waals surface area (Å²) in [6, 6.07) is 8.64. The van der Waals surface area contributed by atoms with Crippen LogP contribution in [0.1, 0.15) is 21.7 Å². The summed E-state index contributed by atoms with van der Waals surface area (Å²) in [5.74, 6) is 1.86. The molecular formula is C17H15N5O3. The van der Waals surface area contributed by atoms with E-state index in [0.29, 0.717) is 28.7 Å². The summed E-state index contributed by atoms with van der Waals surface area (Å²) in [6.45, 7) is 4.01. The van der Waals surface area contributed by atoms with Crippen LogP contribution in [0.4, 0.5) is 5.82 Å². The highest BCUT2D eigenvalue weighted by Crippen LogP contribution is 2.32. The predicted molar refractivity (Wildman–Crippen MR) is 89.1 cm³/mol. The number of aromatic nitrogens is 4. The van der Waals surface area contributed by atoms with Crippen LogP contribution in [0.25, 0.3) is 5.82 Å². The van der Waals surface area contributed by atoms with Crippen molar-refractivity contribution in [3.05, 3.63) is 53.6 Å². The van der Waals surface area contributed by atoms with E-state index < -0.39 is 0 Å². The van der Waals surface area contributed by atoms with Gasteiger partial charge in [-0.05, 0) is 38.1 Å². The normalized spacial score (nSPS) is 12.2. The largest absolute Gasteiger partial charge is 0.454 e. The molecule has 1 aliphatic heterocycles. The lowest BCUT2D eigenvalue weighted by Gasteiger charge is -2.07. The van der Waals surface area contributed by atoms with Crippen molar-refractivity contribution < 1.29 is 14.3 Å². The van der Waals surface area contributed by atoms with Gasteiger partial charge in [-0.1, -0.05) is 0 Å². The molecule has 8 heteroatoms. The van der Waals surface area contributed by atoms with Crippen LogP contribution in [0.5, 0.6) is 11.5 Å². The van der Waals surface area contributed by atoms with Gasteiger partial charge in [-0.15, -0.1) is 0 Å². The van der Waals surface area contributed by atoms with E-state index >= 15 is 0 Å². The van der Waals surface area contributed by atoms with E-state index in [1.54, 1.807) is 28.9 Å². The fourth-order valence-corrected chi connectivity index (χ4v) is 2.62. The molecule has 1 aliphatic rings. The van der Waals surface area contributed by atoms with E-state index in [1.165, 1.54) is 6.33 Å². The van der Waals surface area contributed by atoms with Crippen LogP contribution in [-0.4, -0.2) is 32.4 Å². The maximum atomic E-state index is 12.4. The summed E-state index contributed by atoms with van der Waals surface area (Å²) in [5, 5.41) is 7.14. The first-order valence-electron chi connectivity index (χ1n) is 7.67. The molecule has 1 aromatic carbocycles. The second-order valence-corrected chi connectivity index (χ2v) is 5.62. The van der Waals surface area contributed by atoms with Crippen LogP contribution in [0.15, 0.2) is 36.7 Å². The third-order valence-electron chi connectivity index (χ3n) is 3.76. The summed E-state index contributed by atoms with van der Waals surface area (Å²) < 4.78 is 12.2. The van der Waals surface area contributed by atoms with Gasteiger partial charge in [0.25, 0.3) is 5.91 Å². The molecule has 0 atom stereocenters. The molecule has 0 saturated carbocycles. The van der Waals surface area contributed by atoms with Gasteiger partial charge in [0.2, 0.25) is 6.79 Å². The summed E-state index contributed by atoms with van der Waals surface area (Å²) in [4.78, 5) is 20.8. The summed E-state index contributed by atoms with van der Waals surface area (Å²) in [5.41, 5.74) is 2.29. The topological polar surface area (TPSA) is 91.2 Å². The molecule has 126 valence electrons. The van der Waals surface area contributed by atoms with Crippen molar-refractivity contribution in [2.24, 2.45) is 0 Å². The van der Waals surface area contributed by atoms with Crippen LogP contribution in [-0.2, 0) is 0 Å². The van der Waals surface area contributed by atoms with Gasteiger partial charge in [0, 0.05) is 17.3 Å². The number of nitrogens with zero attached hydrogens (tertiary/aromatic N) is 4. The van der Waals surface area contributed by atoms with E-state index in [9.17, 15) is 4.79 Å². The van der Waals surface area contributed by atoms with Crippen LogP contribution in [0, 0.1) is 13.8 Å². The van der Waals surface area contributed by atoms with Crippen molar-refractivity contribution in [2.45, 2.75) is 13.8 Å². The molecule has 1 N–H and O–H groups in total. The number of hydrogen-bond acceptors (Lipinski definition) is 6. The number of carbonyl (C=O) groups excluding carboxylic acids is 1. The SMILES string of the molecule is Cc1cc(C)n(-c2cc(NC(=O)c3ccc4c(c3)OCO4)ncn2)n1. The first-order chi connectivity index (χ1) is 12.1. The second kappa shape index (κ2) is 5.90. The molecule has 1 amide bonds. The number of amides is 1. The quantitative estimate of drug-likeness (QED) is 0.788. The molecule has 0 spiro atoms. The Bertz CT molecular complexity index is 967. The fourth-order valence-electron chi connectivity index (χ4n) is 2.62. The number of nitrogens with one attached hydrogen (secondary N) is 1. The highest BCUT2D eigenvalue weighted by atomic mass is 16.7. The molecule has 2 aromatic heterocycles. The van der Waals surface area contributed by atoms with Gasteiger partial charge in [0.1, 0.15) is 12.1 Å². The Labute approximate surface area is 143 Å².